The zero-order chi connectivity index (χ0) is 23.7. The standard InChI is InChI=1S/C27H33ClO6/c28-22-6-3-18(24-13-23(30)26(31)25(14-29)34-24)12-19(22)11-17-1-4-20(5-2-17)33-21-7-9-27(10-8-21)15-32-16-27/h1-6,12,21,23-26,29-31H,7-11,13-16H2/t23-,24?,25-,26+/m1/s1. The molecule has 2 aromatic rings. The van der Waals surface area contributed by atoms with Crippen molar-refractivity contribution in [1.82, 2.24) is 0 Å². The van der Waals surface area contributed by atoms with Crippen LogP contribution in [0.4, 0.5) is 0 Å². The summed E-state index contributed by atoms with van der Waals surface area (Å²) in [5, 5.41) is 30.3. The summed E-state index contributed by atoms with van der Waals surface area (Å²) < 4.78 is 17.5. The van der Waals surface area contributed by atoms with Crippen LogP contribution in [-0.2, 0) is 15.9 Å². The fourth-order valence-electron chi connectivity index (χ4n) is 5.35. The number of rotatable bonds is 6. The third-order valence-electron chi connectivity index (χ3n) is 7.62. The van der Waals surface area contributed by atoms with E-state index in [4.69, 9.17) is 25.8 Å². The van der Waals surface area contributed by atoms with Gasteiger partial charge in [0.15, 0.2) is 0 Å². The molecule has 3 fully saturated rings. The lowest BCUT2D eigenvalue weighted by atomic mass is 9.72. The molecule has 2 heterocycles. The molecule has 1 spiro atoms. The molecular formula is C27H33ClO6. The molecule has 1 saturated carbocycles. The molecule has 2 saturated heterocycles. The molecule has 0 radical (unpaired) electrons. The minimum atomic E-state index is -1.09. The molecule has 5 rings (SSSR count). The molecule has 0 amide bonds. The summed E-state index contributed by atoms with van der Waals surface area (Å²) in [4.78, 5) is 0. The van der Waals surface area contributed by atoms with Crippen molar-refractivity contribution in [3.8, 4) is 5.75 Å². The Hall–Kier alpha value is -1.67. The lowest BCUT2D eigenvalue weighted by Gasteiger charge is -2.46. The van der Waals surface area contributed by atoms with Crippen LogP contribution in [0.1, 0.15) is 54.9 Å². The maximum absolute atomic E-state index is 10.2. The summed E-state index contributed by atoms with van der Waals surface area (Å²) in [5.74, 6) is 0.896. The van der Waals surface area contributed by atoms with E-state index in [0.29, 0.717) is 16.9 Å². The molecule has 34 heavy (non-hydrogen) atoms. The van der Waals surface area contributed by atoms with E-state index < -0.39 is 24.4 Å². The molecule has 2 aliphatic heterocycles. The van der Waals surface area contributed by atoms with Crippen molar-refractivity contribution in [2.75, 3.05) is 19.8 Å². The Bertz CT molecular complexity index is 966. The van der Waals surface area contributed by atoms with Crippen LogP contribution in [0.3, 0.4) is 0 Å². The van der Waals surface area contributed by atoms with Crippen molar-refractivity contribution in [2.45, 2.75) is 69.0 Å². The van der Waals surface area contributed by atoms with E-state index in [0.717, 1.165) is 48.5 Å². The van der Waals surface area contributed by atoms with Crippen molar-refractivity contribution in [1.29, 1.82) is 0 Å². The first-order valence-electron chi connectivity index (χ1n) is 12.2. The first kappa shape index (κ1) is 24.0. The number of aliphatic hydroxyl groups is 3. The van der Waals surface area contributed by atoms with Crippen molar-refractivity contribution >= 4 is 11.6 Å². The lowest BCUT2D eigenvalue weighted by molar-refractivity contribution is -0.181. The monoisotopic (exact) mass is 488 g/mol. The Labute approximate surface area is 205 Å². The third kappa shape index (κ3) is 5.13. The summed E-state index contributed by atoms with van der Waals surface area (Å²) in [6, 6.07) is 13.9. The van der Waals surface area contributed by atoms with Gasteiger partial charge in [0, 0.05) is 16.9 Å². The molecule has 3 N–H and O–H groups in total. The quantitative estimate of drug-likeness (QED) is 0.573. The minimum Gasteiger partial charge on any atom is -0.490 e. The second-order valence-electron chi connectivity index (χ2n) is 10.1. The first-order valence-corrected chi connectivity index (χ1v) is 12.6. The molecule has 0 bridgehead atoms. The predicted molar refractivity (Wildman–Crippen MR) is 128 cm³/mol. The molecule has 1 unspecified atom stereocenters. The van der Waals surface area contributed by atoms with Crippen LogP contribution in [0, 0.1) is 5.41 Å². The highest BCUT2D eigenvalue weighted by atomic mass is 35.5. The molecule has 6 nitrogen and oxygen atoms in total. The van der Waals surface area contributed by atoms with Crippen molar-refractivity contribution in [3.63, 3.8) is 0 Å². The van der Waals surface area contributed by atoms with Gasteiger partial charge in [0.1, 0.15) is 18.0 Å². The Morgan fingerprint density at radius 3 is 2.41 bits per heavy atom. The van der Waals surface area contributed by atoms with Crippen LogP contribution in [0.5, 0.6) is 5.75 Å². The van der Waals surface area contributed by atoms with Crippen LogP contribution < -0.4 is 4.74 Å². The smallest absolute Gasteiger partial charge is 0.119 e. The molecule has 4 atom stereocenters. The average Bonchev–Trinajstić information content (AvgIpc) is 2.83. The molecule has 3 aliphatic rings. The van der Waals surface area contributed by atoms with E-state index in [1.165, 1.54) is 12.8 Å². The maximum atomic E-state index is 10.2. The van der Waals surface area contributed by atoms with Crippen LogP contribution in [-0.4, -0.2) is 59.6 Å². The van der Waals surface area contributed by atoms with Crippen LogP contribution in [0.15, 0.2) is 42.5 Å². The Balaban J connectivity index is 1.21. The van der Waals surface area contributed by atoms with Gasteiger partial charge in [-0.3, -0.25) is 0 Å². The predicted octanol–water partition coefficient (Wildman–Crippen LogP) is 3.81. The fraction of sp³-hybridized carbons (Fsp3) is 0.556. The van der Waals surface area contributed by atoms with E-state index in [1.807, 2.05) is 30.3 Å². The highest BCUT2D eigenvalue weighted by molar-refractivity contribution is 6.31. The number of aliphatic hydroxyl groups excluding tert-OH is 3. The second-order valence-corrected chi connectivity index (χ2v) is 10.5. The van der Waals surface area contributed by atoms with Gasteiger partial charge in [-0.15, -0.1) is 0 Å². The minimum absolute atomic E-state index is 0.264. The zero-order valence-electron chi connectivity index (χ0n) is 19.2. The second kappa shape index (κ2) is 10.1. The van der Waals surface area contributed by atoms with Gasteiger partial charge in [-0.25, -0.2) is 0 Å². The number of hydrogen-bond donors (Lipinski definition) is 3. The van der Waals surface area contributed by atoms with E-state index >= 15 is 0 Å². The summed E-state index contributed by atoms with van der Waals surface area (Å²) >= 11 is 6.49. The lowest BCUT2D eigenvalue weighted by Crippen LogP contribution is -2.47. The van der Waals surface area contributed by atoms with Gasteiger partial charge in [0.05, 0.1) is 38.1 Å². The van der Waals surface area contributed by atoms with E-state index in [9.17, 15) is 15.3 Å². The van der Waals surface area contributed by atoms with Crippen molar-refractivity contribution in [3.05, 3.63) is 64.2 Å². The van der Waals surface area contributed by atoms with Gasteiger partial charge in [-0.2, -0.15) is 0 Å². The third-order valence-corrected chi connectivity index (χ3v) is 7.99. The number of halogens is 1. The van der Waals surface area contributed by atoms with Crippen LogP contribution in [0.25, 0.3) is 0 Å². The molecule has 184 valence electrons. The number of benzene rings is 2. The Kier molecular flexibility index (Phi) is 7.17. The van der Waals surface area contributed by atoms with Gasteiger partial charge in [-0.05, 0) is 67.0 Å². The van der Waals surface area contributed by atoms with Crippen molar-refractivity contribution in [2.24, 2.45) is 5.41 Å². The van der Waals surface area contributed by atoms with Gasteiger partial charge in [0.2, 0.25) is 0 Å². The first-order chi connectivity index (χ1) is 16.4. The normalized spacial score (nSPS) is 29.1. The van der Waals surface area contributed by atoms with E-state index in [-0.39, 0.29) is 19.1 Å². The van der Waals surface area contributed by atoms with Gasteiger partial charge in [-0.1, -0.05) is 35.9 Å². The van der Waals surface area contributed by atoms with E-state index in [1.54, 1.807) is 0 Å². The zero-order valence-corrected chi connectivity index (χ0v) is 20.0. The summed E-state index contributed by atoms with van der Waals surface area (Å²) in [7, 11) is 0. The van der Waals surface area contributed by atoms with Crippen LogP contribution >= 0.6 is 11.6 Å². The molecule has 2 aromatic carbocycles. The van der Waals surface area contributed by atoms with Gasteiger partial charge in [0.25, 0.3) is 0 Å². The van der Waals surface area contributed by atoms with E-state index in [2.05, 4.69) is 12.1 Å². The maximum Gasteiger partial charge on any atom is 0.119 e. The summed E-state index contributed by atoms with van der Waals surface area (Å²) in [6.07, 6.45) is 2.47. The SMILES string of the molecule is OC[C@H]1OC(c2ccc(Cl)c(Cc3ccc(OC4CCC5(CC4)COC5)cc3)c2)C[C@@H](O)[C@@H]1O. The topological polar surface area (TPSA) is 88.4 Å². The summed E-state index contributed by atoms with van der Waals surface area (Å²) in [5.41, 5.74) is 3.37. The van der Waals surface area contributed by atoms with Gasteiger partial charge < -0.3 is 29.5 Å². The molecule has 0 aromatic heterocycles. The van der Waals surface area contributed by atoms with Crippen LogP contribution in [0.2, 0.25) is 5.02 Å². The molecule has 1 aliphatic carbocycles. The summed E-state index contributed by atoms with van der Waals surface area (Å²) in [6.45, 7) is 1.48. The highest BCUT2D eigenvalue weighted by Gasteiger charge is 2.42. The Morgan fingerprint density at radius 2 is 1.76 bits per heavy atom. The average molecular weight is 489 g/mol. The van der Waals surface area contributed by atoms with Crippen molar-refractivity contribution < 1.29 is 29.5 Å². The largest absolute Gasteiger partial charge is 0.490 e. The number of ether oxygens (including phenoxy) is 3. The van der Waals surface area contributed by atoms with Gasteiger partial charge >= 0.3 is 0 Å². The highest BCUT2D eigenvalue weighted by Crippen LogP contribution is 2.43. The fourth-order valence-corrected chi connectivity index (χ4v) is 5.53. The molecule has 7 heteroatoms. The Morgan fingerprint density at radius 1 is 1.03 bits per heavy atom. The molecular weight excluding hydrogens is 456 g/mol. The number of hydrogen-bond acceptors (Lipinski definition) is 6.